The van der Waals surface area contributed by atoms with Crippen LogP contribution in [-0.2, 0) is 27.4 Å². The summed E-state index contributed by atoms with van der Waals surface area (Å²) >= 11 is 0. The zero-order valence-electron chi connectivity index (χ0n) is 15.3. The van der Waals surface area contributed by atoms with Crippen LogP contribution >= 0.6 is 0 Å². The lowest BCUT2D eigenvalue weighted by Crippen LogP contribution is -2.08. The molecule has 2 heterocycles. The molecule has 2 aromatic heterocycles. The molecule has 0 aliphatic heterocycles. The maximum atomic E-state index is 11.6. The molecule has 3 aromatic rings. The second-order valence-electron chi connectivity index (χ2n) is 6.26. The molecule has 0 atom stereocenters. The van der Waals surface area contributed by atoms with Crippen molar-refractivity contribution < 1.29 is 19.4 Å². The first-order valence-corrected chi connectivity index (χ1v) is 8.49. The molecular weight excluding hydrogens is 346 g/mol. The van der Waals surface area contributed by atoms with Gasteiger partial charge in [0.05, 0.1) is 32.0 Å². The van der Waals surface area contributed by atoms with Gasteiger partial charge in [0.25, 0.3) is 0 Å². The molecule has 1 aromatic carbocycles. The van der Waals surface area contributed by atoms with E-state index in [1.54, 1.807) is 24.7 Å². The van der Waals surface area contributed by atoms with Gasteiger partial charge in [-0.1, -0.05) is 18.7 Å². The van der Waals surface area contributed by atoms with Crippen molar-refractivity contribution in [3.63, 3.8) is 0 Å². The number of nitrogens with zero attached hydrogens (tertiary/aromatic N) is 3. The van der Waals surface area contributed by atoms with Crippen LogP contribution in [0.15, 0.2) is 43.5 Å². The summed E-state index contributed by atoms with van der Waals surface area (Å²) in [7, 11) is 1.36. The zero-order chi connectivity index (χ0) is 19.6. The monoisotopic (exact) mass is 367 g/mol. The van der Waals surface area contributed by atoms with Crippen LogP contribution in [-0.4, -0.2) is 38.3 Å². The fourth-order valence-electron chi connectivity index (χ4n) is 3.32. The minimum atomic E-state index is -1.06. The second kappa shape index (κ2) is 7.49. The standard InChI is InChI=1S/C20H21N3O4/c1-13(20(25)26)15-5-4-6-17-19(15)16(11-22-10-8-21-12-22)14(2)23(17)9-7-18(24)27-3/h4-6,8,10,12H,1,7,9,11H2,2-3H3,(H,25,26). The van der Waals surface area contributed by atoms with Gasteiger partial charge in [0.15, 0.2) is 0 Å². The molecule has 7 nitrogen and oxygen atoms in total. The summed E-state index contributed by atoms with van der Waals surface area (Å²) in [5.41, 5.74) is 3.43. The van der Waals surface area contributed by atoms with Crippen LogP contribution < -0.4 is 0 Å². The average Bonchev–Trinajstić information content (AvgIpc) is 3.26. The van der Waals surface area contributed by atoms with E-state index in [0.717, 1.165) is 22.2 Å². The number of imidazole rings is 1. The Morgan fingerprint density at radius 1 is 1.33 bits per heavy atom. The quantitative estimate of drug-likeness (QED) is 0.513. The molecule has 0 aliphatic carbocycles. The lowest BCUT2D eigenvalue weighted by atomic mass is 9.99. The van der Waals surface area contributed by atoms with E-state index in [2.05, 4.69) is 11.6 Å². The van der Waals surface area contributed by atoms with Crippen LogP contribution in [0.25, 0.3) is 16.5 Å². The number of aliphatic carboxylic acids is 1. The van der Waals surface area contributed by atoms with Crippen LogP contribution in [0, 0.1) is 6.92 Å². The normalized spacial score (nSPS) is 10.9. The summed E-state index contributed by atoms with van der Waals surface area (Å²) in [6, 6.07) is 5.50. The lowest BCUT2D eigenvalue weighted by molar-refractivity contribution is -0.140. The second-order valence-corrected chi connectivity index (χ2v) is 6.26. The molecular formula is C20H21N3O4. The molecule has 27 heavy (non-hydrogen) atoms. The highest BCUT2D eigenvalue weighted by atomic mass is 16.5. The predicted octanol–water partition coefficient (Wildman–Crippen LogP) is 2.86. The summed E-state index contributed by atoms with van der Waals surface area (Å²) in [4.78, 5) is 27.2. The molecule has 0 saturated carbocycles. The van der Waals surface area contributed by atoms with Gasteiger partial charge in [0.1, 0.15) is 0 Å². The van der Waals surface area contributed by atoms with Gasteiger partial charge < -0.3 is 19.0 Å². The Labute approximate surface area is 156 Å². The molecule has 0 spiro atoms. The molecule has 0 amide bonds. The molecule has 1 N–H and O–H groups in total. The summed E-state index contributed by atoms with van der Waals surface area (Å²) in [6.45, 7) is 6.69. The SMILES string of the molecule is C=C(C(=O)O)c1cccc2c1c(Cn1ccnc1)c(C)n2CCC(=O)OC. The van der Waals surface area contributed by atoms with Crippen molar-refractivity contribution in [2.45, 2.75) is 26.4 Å². The van der Waals surface area contributed by atoms with Crippen LogP contribution in [0.2, 0.25) is 0 Å². The van der Waals surface area contributed by atoms with Crippen molar-refractivity contribution in [3.8, 4) is 0 Å². The number of carbonyl (C=O) groups excluding carboxylic acids is 1. The van der Waals surface area contributed by atoms with Gasteiger partial charge in [0, 0.05) is 41.1 Å². The van der Waals surface area contributed by atoms with Gasteiger partial charge in [-0.05, 0) is 18.6 Å². The van der Waals surface area contributed by atoms with E-state index in [9.17, 15) is 14.7 Å². The number of carboxylic acid groups (broad SMARTS) is 1. The van der Waals surface area contributed by atoms with E-state index < -0.39 is 5.97 Å². The van der Waals surface area contributed by atoms with Crippen molar-refractivity contribution >= 4 is 28.4 Å². The Morgan fingerprint density at radius 2 is 2.11 bits per heavy atom. The smallest absolute Gasteiger partial charge is 0.335 e. The van der Waals surface area contributed by atoms with E-state index in [4.69, 9.17) is 4.74 Å². The Balaban J connectivity index is 2.19. The van der Waals surface area contributed by atoms with E-state index in [1.807, 2.05) is 28.3 Å². The first kappa shape index (κ1) is 18.4. The minimum Gasteiger partial charge on any atom is -0.478 e. The number of aryl methyl sites for hydroxylation is 1. The third-order valence-corrected chi connectivity index (χ3v) is 4.73. The maximum absolute atomic E-state index is 11.6. The molecule has 0 fully saturated rings. The Hall–Kier alpha value is -3.35. The number of hydrogen-bond donors (Lipinski definition) is 1. The molecule has 140 valence electrons. The third-order valence-electron chi connectivity index (χ3n) is 4.73. The van der Waals surface area contributed by atoms with Crippen LogP contribution in [0.3, 0.4) is 0 Å². The minimum absolute atomic E-state index is 0.0394. The number of fused-ring (bicyclic) bond motifs is 1. The highest BCUT2D eigenvalue weighted by Crippen LogP contribution is 2.33. The van der Waals surface area contributed by atoms with E-state index in [0.29, 0.717) is 18.7 Å². The topological polar surface area (TPSA) is 86.4 Å². The largest absolute Gasteiger partial charge is 0.478 e. The first-order chi connectivity index (χ1) is 12.9. The number of hydrogen-bond acceptors (Lipinski definition) is 4. The number of methoxy groups -OCH3 is 1. The first-order valence-electron chi connectivity index (χ1n) is 8.49. The number of ether oxygens (including phenoxy) is 1. The summed E-state index contributed by atoms with van der Waals surface area (Å²) in [6.07, 6.45) is 5.50. The fraction of sp³-hybridized carbons (Fsp3) is 0.250. The lowest BCUT2D eigenvalue weighted by Gasteiger charge is -2.08. The zero-order valence-corrected chi connectivity index (χ0v) is 15.3. The molecule has 0 radical (unpaired) electrons. The third kappa shape index (κ3) is 3.48. The summed E-state index contributed by atoms with van der Waals surface area (Å²) in [5.74, 6) is -1.35. The van der Waals surface area contributed by atoms with Gasteiger partial charge in [0.2, 0.25) is 0 Å². The fourth-order valence-corrected chi connectivity index (χ4v) is 3.32. The van der Waals surface area contributed by atoms with Gasteiger partial charge in [-0.15, -0.1) is 0 Å². The number of aromatic nitrogens is 3. The highest BCUT2D eigenvalue weighted by molar-refractivity contribution is 6.18. The number of benzene rings is 1. The molecule has 0 aliphatic rings. The molecule has 0 saturated heterocycles. The Kier molecular flexibility index (Phi) is 5.12. The number of esters is 1. The summed E-state index contributed by atoms with van der Waals surface area (Å²) < 4.78 is 8.70. The van der Waals surface area contributed by atoms with Gasteiger partial charge >= 0.3 is 11.9 Å². The predicted molar refractivity (Wildman–Crippen MR) is 101 cm³/mol. The van der Waals surface area contributed by atoms with Gasteiger partial charge in [-0.25, -0.2) is 9.78 Å². The number of rotatable bonds is 7. The molecule has 3 rings (SSSR count). The Morgan fingerprint density at radius 3 is 2.74 bits per heavy atom. The number of carbonyl (C=O) groups is 2. The molecule has 0 unspecified atom stereocenters. The molecule has 7 heteroatoms. The average molecular weight is 367 g/mol. The van der Waals surface area contributed by atoms with Crippen LogP contribution in [0.1, 0.15) is 23.2 Å². The van der Waals surface area contributed by atoms with Gasteiger partial charge in [-0.2, -0.15) is 0 Å². The van der Waals surface area contributed by atoms with Crippen molar-refractivity contribution in [2.24, 2.45) is 0 Å². The van der Waals surface area contributed by atoms with Crippen LogP contribution in [0.4, 0.5) is 0 Å². The van der Waals surface area contributed by atoms with Crippen molar-refractivity contribution in [3.05, 3.63) is 60.3 Å². The molecule has 0 bridgehead atoms. The Bertz CT molecular complexity index is 1020. The van der Waals surface area contributed by atoms with Crippen molar-refractivity contribution in [1.82, 2.24) is 14.1 Å². The summed E-state index contributed by atoms with van der Waals surface area (Å²) in [5, 5.41) is 10.3. The maximum Gasteiger partial charge on any atom is 0.335 e. The number of carboxylic acids is 1. The van der Waals surface area contributed by atoms with E-state index >= 15 is 0 Å². The van der Waals surface area contributed by atoms with E-state index in [1.165, 1.54) is 7.11 Å². The highest BCUT2D eigenvalue weighted by Gasteiger charge is 2.21. The van der Waals surface area contributed by atoms with Crippen LogP contribution in [0.5, 0.6) is 0 Å². The van der Waals surface area contributed by atoms with Crippen molar-refractivity contribution in [1.29, 1.82) is 0 Å². The van der Waals surface area contributed by atoms with Gasteiger partial charge in [-0.3, -0.25) is 4.79 Å². The van der Waals surface area contributed by atoms with E-state index in [-0.39, 0.29) is 18.0 Å². The van der Waals surface area contributed by atoms with Crippen molar-refractivity contribution in [2.75, 3.05) is 7.11 Å².